The lowest BCUT2D eigenvalue weighted by atomic mass is 10.2. The van der Waals surface area contributed by atoms with Gasteiger partial charge in [-0.05, 0) is 30.4 Å². The molecule has 3 aromatic heterocycles. The summed E-state index contributed by atoms with van der Waals surface area (Å²) in [7, 11) is 0. The fraction of sp³-hybridized carbons (Fsp3) is 0.300. The SMILES string of the molecule is CSc1cnc(NC[C@H](C)CNc2nc3ccc(C(=O)NCc4n[nH]c(=O)[nH]4)cc3s2)nc1. The predicted octanol–water partition coefficient (Wildman–Crippen LogP) is 2.31. The van der Waals surface area contributed by atoms with Crippen LogP contribution in [0.3, 0.4) is 0 Å². The van der Waals surface area contributed by atoms with Crippen molar-refractivity contribution in [1.82, 2.24) is 35.5 Å². The van der Waals surface area contributed by atoms with E-state index >= 15 is 0 Å². The molecule has 33 heavy (non-hydrogen) atoms. The number of aromatic amines is 2. The Hall–Kier alpha value is -3.45. The maximum atomic E-state index is 12.4. The van der Waals surface area contributed by atoms with Crippen molar-refractivity contribution in [2.45, 2.75) is 18.4 Å². The zero-order valence-electron chi connectivity index (χ0n) is 18.0. The van der Waals surface area contributed by atoms with E-state index in [0.29, 0.717) is 23.3 Å². The van der Waals surface area contributed by atoms with E-state index in [-0.39, 0.29) is 12.5 Å². The van der Waals surface area contributed by atoms with E-state index in [1.807, 2.05) is 12.3 Å². The van der Waals surface area contributed by atoms with Gasteiger partial charge in [0, 0.05) is 35.9 Å². The van der Waals surface area contributed by atoms with Crippen molar-refractivity contribution in [2.75, 3.05) is 30.0 Å². The largest absolute Gasteiger partial charge is 0.361 e. The van der Waals surface area contributed by atoms with E-state index in [1.165, 1.54) is 11.3 Å². The summed E-state index contributed by atoms with van der Waals surface area (Å²) < 4.78 is 0.909. The van der Waals surface area contributed by atoms with Crippen LogP contribution >= 0.6 is 23.1 Å². The number of anilines is 2. The molecule has 13 heteroatoms. The highest BCUT2D eigenvalue weighted by Gasteiger charge is 2.11. The molecule has 4 rings (SSSR count). The summed E-state index contributed by atoms with van der Waals surface area (Å²) in [6, 6.07) is 5.35. The predicted molar refractivity (Wildman–Crippen MR) is 130 cm³/mol. The van der Waals surface area contributed by atoms with Gasteiger partial charge in [-0.15, -0.1) is 11.8 Å². The van der Waals surface area contributed by atoms with Crippen molar-refractivity contribution in [1.29, 1.82) is 0 Å². The Kier molecular flexibility index (Phi) is 7.19. The quantitative estimate of drug-likeness (QED) is 0.213. The number of nitrogens with one attached hydrogen (secondary N) is 5. The number of benzene rings is 1. The van der Waals surface area contributed by atoms with Gasteiger partial charge in [-0.1, -0.05) is 18.3 Å². The van der Waals surface area contributed by atoms with E-state index < -0.39 is 5.69 Å². The summed E-state index contributed by atoms with van der Waals surface area (Å²) in [5.41, 5.74) is 0.929. The van der Waals surface area contributed by atoms with Crippen LogP contribution in [0, 0.1) is 5.92 Å². The number of amides is 1. The summed E-state index contributed by atoms with van der Waals surface area (Å²) in [4.78, 5) is 40.2. The molecule has 5 N–H and O–H groups in total. The number of hydrogen-bond acceptors (Lipinski definition) is 10. The van der Waals surface area contributed by atoms with Gasteiger partial charge >= 0.3 is 5.69 Å². The molecule has 0 unspecified atom stereocenters. The molecule has 1 atom stereocenters. The Morgan fingerprint density at radius 1 is 1.21 bits per heavy atom. The van der Waals surface area contributed by atoms with Crippen LogP contribution in [0.25, 0.3) is 10.2 Å². The second-order valence-electron chi connectivity index (χ2n) is 7.32. The normalized spacial score (nSPS) is 11.9. The molecule has 0 saturated carbocycles. The maximum Gasteiger partial charge on any atom is 0.340 e. The summed E-state index contributed by atoms with van der Waals surface area (Å²) in [5.74, 6) is 1.04. The van der Waals surface area contributed by atoms with Gasteiger partial charge in [0.05, 0.1) is 16.8 Å². The molecule has 0 radical (unpaired) electrons. The Morgan fingerprint density at radius 3 is 2.73 bits per heavy atom. The van der Waals surface area contributed by atoms with Crippen LogP contribution in [0.5, 0.6) is 0 Å². The number of fused-ring (bicyclic) bond motifs is 1. The third kappa shape index (κ3) is 6.08. The Bertz CT molecular complexity index is 1280. The molecule has 0 fully saturated rings. The zero-order chi connectivity index (χ0) is 23.2. The fourth-order valence-electron chi connectivity index (χ4n) is 2.91. The van der Waals surface area contributed by atoms with Crippen LogP contribution in [0.1, 0.15) is 23.1 Å². The molecule has 11 nitrogen and oxygen atoms in total. The molecule has 0 saturated heterocycles. The molecule has 0 aliphatic carbocycles. The molecule has 0 spiro atoms. The van der Waals surface area contributed by atoms with Crippen LogP contribution in [0.2, 0.25) is 0 Å². The number of carbonyl (C=O) groups is 1. The third-order valence-electron chi connectivity index (χ3n) is 4.69. The molecule has 0 aliphatic heterocycles. The maximum absolute atomic E-state index is 12.4. The summed E-state index contributed by atoms with van der Waals surface area (Å²) in [5, 5.41) is 16.2. The lowest BCUT2D eigenvalue weighted by Gasteiger charge is -2.13. The summed E-state index contributed by atoms with van der Waals surface area (Å²) in [6.07, 6.45) is 5.59. The van der Waals surface area contributed by atoms with Crippen LogP contribution in [0.15, 0.2) is 40.3 Å². The number of thiazole rings is 1. The lowest BCUT2D eigenvalue weighted by Crippen LogP contribution is -2.23. The Morgan fingerprint density at radius 2 is 2.00 bits per heavy atom. The van der Waals surface area contributed by atoms with Crippen molar-refractivity contribution in [3.63, 3.8) is 0 Å². The first kappa shape index (κ1) is 22.7. The molecule has 0 aliphatic rings. The number of carbonyl (C=O) groups excluding carboxylic acids is 1. The number of nitrogens with zero attached hydrogens (tertiary/aromatic N) is 4. The number of hydrogen-bond donors (Lipinski definition) is 5. The second-order valence-corrected chi connectivity index (χ2v) is 9.23. The van der Waals surface area contributed by atoms with Gasteiger partial charge in [-0.2, -0.15) is 5.10 Å². The average Bonchev–Trinajstić information content (AvgIpc) is 3.44. The summed E-state index contributed by atoms with van der Waals surface area (Å²) >= 11 is 3.10. The first-order valence-corrected chi connectivity index (χ1v) is 12.2. The molecule has 0 bridgehead atoms. The topological polar surface area (TPSA) is 153 Å². The average molecular weight is 486 g/mol. The third-order valence-corrected chi connectivity index (χ3v) is 6.35. The standard InChI is InChI=1S/C20H23N9O2S2/c1-11(6-22-18-23-8-13(32-2)9-24-18)7-25-20-26-14-4-3-12(5-15(14)33-20)17(30)21-10-16-27-19(31)29-28-16/h3-5,8-9,11H,6-7,10H2,1-2H3,(H,21,30)(H,25,26)(H,22,23,24)(H2,27,28,29,31)/t11-/m0/s1. The van der Waals surface area contributed by atoms with Crippen LogP contribution in [-0.2, 0) is 6.54 Å². The first-order valence-electron chi connectivity index (χ1n) is 10.2. The fourth-order valence-corrected chi connectivity index (χ4v) is 4.14. The number of thioether (sulfide) groups is 1. The highest BCUT2D eigenvalue weighted by molar-refractivity contribution is 7.98. The smallest absolute Gasteiger partial charge is 0.340 e. The van der Waals surface area contributed by atoms with E-state index in [0.717, 1.165) is 33.3 Å². The van der Waals surface area contributed by atoms with E-state index in [9.17, 15) is 9.59 Å². The molecule has 1 amide bonds. The minimum Gasteiger partial charge on any atom is -0.361 e. The van der Waals surface area contributed by atoms with Crippen molar-refractivity contribution >= 4 is 50.3 Å². The minimum atomic E-state index is -0.409. The Balaban J connectivity index is 1.29. The van der Waals surface area contributed by atoms with Gasteiger partial charge in [0.25, 0.3) is 5.91 Å². The van der Waals surface area contributed by atoms with Gasteiger partial charge in [-0.3, -0.25) is 9.78 Å². The van der Waals surface area contributed by atoms with Gasteiger partial charge < -0.3 is 16.0 Å². The van der Waals surface area contributed by atoms with Crippen LogP contribution < -0.4 is 21.6 Å². The number of aromatic nitrogens is 6. The molecular formula is C20H23N9O2S2. The minimum absolute atomic E-state index is 0.129. The number of H-pyrrole nitrogens is 2. The molecule has 4 aromatic rings. The molecule has 172 valence electrons. The van der Waals surface area contributed by atoms with Crippen molar-refractivity contribution in [2.24, 2.45) is 5.92 Å². The highest BCUT2D eigenvalue weighted by atomic mass is 32.2. The van der Waals surface area contributed by atoms with E-state index in [4.69, 9.17) is 0 Å². The van der Waals surface area contributed by atoms with Gasteiger partial charge in [0.1, 0.15) is 5.82 Å². The molecular weight excluding hydrogens is 462 g/mol. The molecule has 3 heterocycles. The van der Waals surface area contributed by atoms with Crippen LogP contribution in [0.4, 0.5) is 11.1 Å². The van der Waals surface area contributed by atoms with Crippen molar-refractivity contribution in [3.05, 3.63) is 52.5 Å². The van der Waals surface area contributed by atoms with Gasteiger partial charge in [0.15, 0.2) is 5.13 Å². The van der Waals surface area contributed by atoms with E-state index in [1.54, 1.807) is 36.3 Å². The van der Waals surface area contributed by atoms with Gasteiger partial charge in [0.2, 0.25) is 5.95 Å². The molecule has 1 aromatic carbocycles. The first-order chi connectivity index (χ1) is 16.0. The van der Waals surface area contributed by atoms with E-state index in [2.05, 4.69) is 53.0 Å². The number of rotatable bonds is 10. The highest BCUT2D eigenvalue weighted by Crippen LogP contribution is 2.27. The Labute approximate surface area is 197 Å². The summed E-state index contributed by atoms with van der Waals surface area (Å²) in [6.45, 7) is 3.70. The monoisotopic (exact) mass is 485 g/mol. The van der Waals surface area contributed by atoms with Crippen molar-refractivity contribution in [3.8, 4) is 0 Å². The van der Waals surface area contributed by atoms with Crippen molar-refractivity contribution < 1.29 is 4.79 Å². The second kappa shape index (κ2) is 10.4. The lowest BCUT2D eigenvalue weighted by molar-refractivity contribution is 0.0950. The van der Waals surface area contributed by atoms with Crippen LogP contribution in [-0.4, -0.2) is 55.4 Å². The van der Waals surface area contributed by atoms with Gasteiger partial charge in [-0.25, -0.2) is 24.8 Å². The zero-order valence-corrected chi connectivity index (χ0v) is 19.6.